The van der Waals surface area contributed by atoms with E-state index in [-0.39, 0.29) is 17.1 Å². The van der Waals surface area contributed by atoms with Gasteiger partial charge >= 0.3 is 5.97 Å². The first-order valence-corrected chi connectivity index (χ1v) is 5.97. The molecule has 0 aliphatic heterocycles. The van der Waals surface area contributed by atoms with Crippen LogP contribution in [0.3, 0.4) is 0 Å². The number of aromatic nitrogens is 2. The van der Waals surface area contributed by atoms with Gasteiger partial charge in [-0.25, -0.2) is 9.78 Å². The first-order valence-electron chi connectivity index (χ1n) is 5.97. The minimum absolute atomic E-state index is 0.171. The summed E-state index contributed by atoms with van der Waals surface area (Å²) < 4.78 is 0. The Hall–Kier alpha value is -3.03. The van der Waals surface area contributed by atoms with Crippen LogP contribution in [0.25, 0.3) is 0 Å². The van der Waals surface area contributed by atoms with E-state index in [9.17, 15) is 20.0 Å². The first kappa shape index (κ1) is 14.4. The lowest BCUT2D eigenvalue weighted by atomic mass is 10.2. The highest BCUT2D eigenvalue weighted by molar-refractivity contribution is 5.94. The van der Waals surface area contributed by atoms with Crippen LogP contribution in [0, 0.1) is 10.1 Å². The molecule has 0 aromatic carbocycles. The van der Waals surface area contributed by atoms with Gasteiger partial charge in [-0.3, -0.25) is 15.1 Å². The molecule has 0 spiro atoms. The van der Waals surface area contributed by atoms with Crippen molar-refractivity contribution in [3.05, 3.63) is 58.0 Å². The zero-order valence-corrected chi connectivity index (χ0v) is 11.1. The van der Waals surface area contributed by atoms with E-state index < -0.39 is 10.9 Å². The van der Waals surface area contributed by atoms with E-state index in [0.29, 0.717) is 6.54 Å². The lowest BCUT2D eigenvalue weighted by Gasteiger charge is -2.19. The zero-order valence-electron chi connectivity index (χ0n) is 11.1. The molecule has 0 unspecified atom stereocenters. The summed E-state index contributed by atoms with van der Waals surface area (Å²) >= 11 is 0. The van der Waals surface area contributed by atoms with E-state index in [1.165, 1.54) is 0 Å². The van der Waals surface area contributed by atoms with Crippen molar-refractivity contribution < 1.29 is 14.8 Å². The minimum Gasteiger partial charge on any atom is -0.478 e. The van der Waals surface area contributed by atoms with Gasteiger partial charge in [-0.05, 0) is 17.7 Å². The van der Waals surface area contributed by atoms with Gasteiger partial charge in [-0.2, -0.15) is 0 Å². The number of carboxylic acids is 1. The van der Waals surface area contributed by atoms with Crippen molar-refractivity contribution in [2.24, 2.45) is 0 Å². The molecule has 0 saturated heterocycles. The fraction of sp³-hybridized carbons (Fsp3) is 0.154. The quantitative estimate of drug-likeness (QED) is 0.658. The van der Waals surface area contributed by atoms with Gasteiger partial charge in [-0.1, -0.05) is 0 Å². The summed E-state index contributed by atoms with van der Waals surface area (Å²) in [4.78, 5) is 30.7. The fourth-order valence-electron chi connectivity index (χ4n) is 1.84. The van der Waals surface area contributed by atoms with Gasteiger partial charge in [0.2, 0.25) is 0 Å². The Morgan fingerprint density at radius 3 is 2.67 bits per heavy atom. The van der Waals surface area contributed by atoms with Crippen LogP contribution in [0.2, 0.25) is 0 Å². The normalized spacial score (nSPS) is 10.1. The molecule has 1 N–H and O–H groups in total. The molecule has 2 heterocycles. The standard InChI is InChI=1S/C13H12N4O4/c1-16(8-9-2-4-14-5-3-9)12-11(13(18)19)6-10(7-15-12)17(20)21/h2-7H,8H2,1H3,(H,18,19). The number of rotatable bonds is 5. The van der Waals surface area contributed by atoms with Gasteiger partial charge in [-0.15, -0.1) is 0 Å². The predicted octanol–water partition coefficient (Wildman–Crippen LogP) is 1.72. The smallest absolute Gasteiger partial charge is 0.339 e. The van der Waals surface area contributed by atoms with Crippen LogP contribution < -0.4 is 4.90 Å². The number of carbonyl (C=O) groups is 1. The summed E-state index contributed by atoms with van der Waals surface area (Å²) in [5.74, 6) is -1.09. The molecule has 2 aromatic rings. The topological polar surface area (TPSA) is 109 Å². The van der Waals surface area contributed by atoms with Crippen molar-refractivity contribution in [1.82, 2.24) is 9.97 Å². The number of anilines is 1. The van der Waals surface area contributed by atoms with Crippen LogP contribution in [0.4, 0.5) is 11.5 Å². The van der Waals surface area contributed by atoms with Crippen LogP contribution in [0.1, 0.15) is 15.9 Å². The molecule has 0 bridgehead atoms. The third-order valence-corrected chi connectivity index (χ3v) is 2.82. The van der Waals surface area contributed by atoms with E-state index in [1.807, 2.05) is 0 Å². The molecule has 8 heteroatoms. The fourth-order valence-corrected chi connectivity index (χ4v) is 1.84. The Labute approximate surface area is 119 Å². The summed E-state index contributed by atoms with van der Waals surface area (Å²) in [6.45, 7) is 0.410. The Bertz CT molecular complexity index is 675. The number of aromatic carboxylic acids is 1. The predicted molar refractivity (Wildman–Crippen MR) is 74.2 cm³/mol. The number of nitro groups is 1. The third kappa shape index (κ3) is 3.30. The van der Waals surface area contributed by atoms with Gasteiger partial charge in [0.25, 0.3) is 5.69 Å². The van der Waals surface area contributed by atoms with Crippen LogP contribution in [-0.2, 0) is 6.54 Å². The van der Waals surface area contributed by atoms with Gasteiger partial charge in [0.15, 0.2) is 0 Å². The van der Waals surface area contributed by atoms with Crippen LogP contribution >= 0.6 is 0 Å². The summed E-state index contributed by atoms with van der Waals surface area (Å²) in [6, 6.07) is 4.60. The molecule has 8 nitrogen and oxygen atoms in total. The van der Waals surface area contributed by atoms with E-state index in [1.54, 1.807) is 36.5 Å². The van der Waals surface area contributed by atoms with Crippen LogP contribution in [0.15, 0.2) is 36.8 Å². The maximum atomic E-state index is 11.3. The van der Waals surface area contributed by atoms with E-state index in [2.05, 4.69) is 9.97 Å². The molecule has 0 aliphatic rings. The largest absolute Gasteiger partial charge is 0.478 e. The van der Waals surface area contributed by atoms with E-state index in [0.717, 1.165) is 17.8 Å². The summed E-state index contributed by atoms with van der Waals surface area (Å²) in [6.07, 6.45) is 4.31. The van der Waals surface area contributed by atoms with Crippen molar-refractivity contribution >= 4 is 17.5 Å². The number of hydrogen-bond donors (Lipinski definition) is 1. The van der Waals surface area contributed by atoms with Gasteiger partial charge < -0.3 is 10.0 Å². The average molecular weight is 288 g/mol. The summed E-state index contributed by atoms with van der Waals surface area (Å²) in [7, 11) is 1.67. The van der Waals surface area contributed by atoms with Crippen molar-refractivity contribution in [3.63, 3.8) is 0 Å². The second-order valence-corrected chi connectivity index (χ2v) is 4.34. The summed E-state index contributed by atoms with van der Waals surface area (Å²) in [5.41, 5.74) is 0.359. The minimum atomic E-state index is -1.26. The molecule has 2 aromatic heterocycles. The van der Waals surface area contributed by atoms with Crippen molar-refractivity contribution in [3.8, 4) is 0 Å². The monoisotopic (exact) mass is 288 g/mol. The lowest BCUT2D eigenvalue weighted by Crippen LogP contribution is -2.21. The Balaban J connectivity index is 2.34. The van der Waals surface area contributed by atoms with Crippen LogP contribution in [0.5, 0.6) is 0 Å². The van der Waals surface area contributed by atoms with Crippen LogP contribution in [-0.4, -0.2) is 33.0 Å². The maximum absolute atomic E-state index is 11.3. The zero-order chi connectivity index (χ0) is 15.4. The second kappa shape index (κ2) is 5.95. The first-order chi connectivity index (χ1) is 9.99. The SMILES string of the molecule is CN(Cc1ccncc1)c1ncc([N+](=O)[O-])cc1C(=O)O. The number of pyridine rings is 2. The summed E-state index contributed by atoms with van der Waals surface area (Å²) in [5, 5.41) is 19.9. The second-order valence-electron chi connectivity index (χ2n) is 4.34. The molecule has 2 rings (SSSR count). The Kier molecular flexibility index (Phi) is 4.07. The highest BCUT2D eigenvalue weighted by atomic mass is 16.6. The van der Waals surface area contributed by atoms with Gasteiger partial charge in [0.1, 0.15) is 17.6 Å². The molecule has 0 aliphatic carbocycles. The number of hydrogen-bond acceptors (Lipinski definition) is 6. The molecular formula is C13H12N4O4. The number of nitrogens with zero attached hydrogens (tertiary/aromatic N) is 4. The third-order valence-electron chi connectivity index (χ3n) is 2.82. The molecule has 0 fully saturated rings. The van der Waals surface area contributed by atoms with Gasteiger partial charge in [0.05, 0.1) is 4.92 Å². The maximum Gasteiger partial charge on any atom is 0.339 e. The Morgan fingerprint density at radius 2 is 2.10 bits per heavy atom. The molecule has 0 saturated carbocycles. The van der Waals surface area contributed by atoms with Gasteiger partial charge in [0, 0.05) is 32.1 Å². The Morgan fingerprint density at radius 1 is 1.43 bits per heavy atom. The molecule has 0 atom stereocenters. The average Bonchev–Trinajstić information content (AvgIpc) is 2.47. The molecule has 0 radical (unpaired) electrons. The number of carboxylic acid groups (broad SMARTS) is 1. The van der Waals surface area contributed by atoms with Crippen molar-refractivity contribution in [1.29, 1.82) is 0 Å². The molecular weight excluding hydrogens is 276 g/mol. The molecule has 21 heavy (non-hydrogen) atoms. The molecule has 0 amide bonds. The van der Waals surface area contributed by atoms with E-state index >= 15 is 0 Å². The highest BCUT2D eigenvalue weighted by Crippen LogP contribution is 2.22. The molecule has 108 valence electrons. The van der Waals surface area contributed by atoms with Crippen molar-refractivity contribution in [2.45, 2.75) is 6.54 Å². The highest BCUT2D eigenvalue weighted by Gasteiger charge is 2.20. The van der Waals surface area contributed by atoms with E-state index in [4.69, 9.17) is 0 Å². The lowest BCUT2D eigenvalue weighted by molar-refractivity contribution is -0.385. The van der Waals surface area contributed by atoms with Crippen molar-refractivity contribution in [2.75, 3.05) is 11.9 Å².